The van der Waals surface area contributed by atoms with E-state index in [2.05, 4.69) is 0 Å². The van der Waals surface area contributed by atoms with E-state index in [9.17, 15) is 22.4 Å². The Morgan fingerprint density at radius 1 is 0.909 bits per heavy atom. The van der Waals surface area contributed by atoms with Crippen LogP contribution in [0.15, 0.2) is 66.7 Å². The summed E-state index contributed by atoms with van der Waals surface area (Å²) in [5.41, 5.74) is 0.580. The van der Waals surface area contributed by atoms with Gasteiger partial charge in [-0.2, -0.15) is 13.2 Å². The van der Waals surface area contributed by atoms with Gasteiger partial charge in [0.15, 0.2) is 11.6 Å². The molecule has 0 saturated carbocycles. The van der Waals surface area contributed by atoms with E-state index in [1.165, 1.54) is 24.3 Å². The molecule has 0 atom stereocenters. The standard InChI is InChI=1S/C25H22F4O4/c1-2-31-24(30)13-7-17-6-12-23(22(26)15-17)32-16-18-4-3-5-21(14-18)33-20-10-8-19(9-11-20)25(27,28)29/h3-6,8-12,14-15H,2,7,13,16H2,1H3. The zero-order chi connectivity index (χ0) is 23.8. The van der Waals surface area contributed by atoms with E-state index >= 15 is 0 Å². The molecule has 0 aliphatic carbocycles. The molecule has 0 N–H and O–H groups in total. The van der Waals surface area contributed by atoms with Crippen LogP contribution in [0.25, 0.3) is 0 Å². The molecular weight excluding hydrogens is 440 g/mol. The first-order valence-electron chi connectivity index (χ1n) is 10.3. The minimum Gasteiger partial charge on any atom is -0.486 e. The van der Waals surface area contributed by atoms with Crippen molar-refractivity contribution in [1.82, 2.24) is 0 Å². The van der Waals surface area contributed by atoms with E-state index < -0.39 is 17.6 Å². The first-order valence-corrected chi connectivity index (χ1v) is 10.3. The summed E-state index contributed by atoms with van der Waals surface area (Å²) < 4.78 is 68.4. The molecule has 0 amide bonds. The molecule has 0 aromatic heterocycles. The van der Waals surface area contributed by atoms with E-state index in [0.717, 1.165) is 12.1 Å². The number of aryl methyl sites for hydroxylation is 1. The first-order chi connectivity index (χ1) is 15.7. The van der Waals surface area contributed by atoms with Gasteiger partial charge in [-0.25, -0.2) is 4.39 Å². The lowest BCUT2D eigenvalue weighted by Crippen LogP contribution is -2.05. The maximum Gasteiger partial charge on any atom is 0.416 e. The Bertz CT molecular complexity index is 1080. The predicted molar refractivity (Wildman–Crippen MR) is 114 cm³/mol. The van der Waals surface area contributed by atoms with Crippen molar-refractivity contribution >= 4 is 5.97 Å². The molecule has 3 aromatic carbocycles. The molecule has 0 aliphatic rings. The minimum absolute atomic E-state index is 0.0588. The predicted octanol–water partition coefficient (Wildman–Crippen LogP) is 6.71. The topological polar surface area (TPSA) is 44.8 Å². The fraction of sp³-hybridized carbons (Fsp3) is 0.240. The lowest BCUT2D eigenvalue weighted by atomic mass is 10.1. The number of esters is 1. The molecule has 0 fully saturated rings. The van der Waals surface area contributed by atoms with Crippen LogP contribution in [0.4, 0.5) is 17.6 Å². The number of ether oxygens (including phenoxy) is 3. The SMILES string of the molecule is CCOC(=O)CCc1ccc(OCc2cccc(Oc3ccc(C(F)(F)F)cc3)c2)c(F)c1. The van der Waals surface area contributed by atoms with Gasteiger partial charge in [0, 0.05) is 6.42 Å². The molecule has 0 radical (unpaired) electrons. The molecule has 33 heavy (non-hydrogen) atoms. The summed E-state index contributed by atoms with van der Waals surface area (Å²) in [6.45, 7) is 2.08. The number of carbonyl (C=O) groups is 1. The van der Waals surface area contributed by atoms with Crippen molar-refractivity contribution < 1.29 is 36.6 Å². The van der Waals surface area contributed by atoms with Crippen LogP contribution in [0.2, 0.25) is 0 Å². The number of carbonyl (C=O) groups excluding carboxylic acids is 1. The van der Waals surface area contributed by atoms with Crippen LogP contribution in [-0.2, 0) is 28.7 Å². The molecule has 3 aromatic rings. The average molecular weight is 462 g/mol. The van der Waals surface area contributed by atoms with Gasteiger partial charge in [0.1, 0.15) is 18.1 Å². The highest BCUT2D eigenvalue weighted by atomic mass is 19.4. The molecule has 0 saturated heterocycles. The Labute approximate surface area is 188 Å². The van der Waals surface area contributed by atoms with E-state index in [4.69, 9.17) is 14.2 Å². The van der Waals surface area contributed by atoms with E-state index in [1.807, 2.05) is 0 Å². The van der Waals surface area contributed by atoms with Gasteiger partial charge < -0.3 is 14.2 Å². The minimum atomic E-state index is -4.41. The van der Waals surface area contributed by atoms with Gasteiger partial charge >= 0.3 is 12.1 Å². The third kappa shape index (κ3) is 7.24. The molecule has 174 valence electrons. The number of benzene rings is 3. The summed E-state index contributed by atoms with van der Waals surface area (Å²) >= 11 is 0. The molecule has 0 heterocycles. The summed E-state index contributed by atoms with van der Waals surface area (Å²) in [5.74, 6) is -0.162. The van der Waals surface area contributed by atoms with Crippen LogP contribution in [0.3, 0.4) is 0 Å². The fourth-order valence-corrected chi connectivity index (χ4v) is 3.00. The van der Waals surface area contributed by atoms with Crippen molar-refractivity contribution in [1.29, 1.82) is 0 Å². The summed E-state index contributed by atoms with van der Waals surface area (Å²) in [6, 6.07) is 15.6. The Balaban J connectivity index is 1.58. The zero-order valence-corrected chi connectivity index (χ0v) is 17.8. The van der Waals surface area contributed by atoms with Gasteiger partial charge in [-0.3, -0.25) is 4.79 Å². The van der Waals surface area contributed by atoms with Crippen LogP contribution >= 0.6 is 0 Å². The average Bonchev–Trinajstić information content (AvgIpc) is 2.77. The third-order valence-corrected chi connectivity index (χ3v) is 4.63. The van der Waals surface area contributed by atoms with Crippen molar-refractivity contribution in [3.8, 4) is 17.2 Å². The third-order valence-electron chi connectivity index (χ3n) is 4.63. The van der Waals surface area contributed by atoms with Crippen molar-refractivity contribution in [2.45, 2.75) is 32.5 Å². The zero-order valence-electron chi connectivity index (χ0n) is 17.8. The van der Waals surface area contributed by atoms with Crippen LogP contribution in [-0.4, -0.2) is 12.6 Å². The first kappa shape index (κ1) is 24.1. The highest BCUT2D eigenvalue weighted by Crippen LogP contribution is 2.31. The molecule has 0 spiro atoms. The lowest BCUT2D eigenvalue weighted by Gasteiger charge is -2.11. The van der Waals surface area contributed by atoms with Gasteiger partial charge in [-0.15, -0.1) is 0 Å². The fourth-order valence-electron chi connectivity index (χ4n) is 3.00. The second-order valence-electron chi connectivity index (χ2n) is 7.13. The summed E-state index contributed by atoms with van der Waals surface area (Å²) in [4.78, 5) is 11.4. The van der Waals surface area contributed by atoms with Gasteiger partial charge in [-0.05, 0) is 73.0 Å². The highest BCUT2D eigenvalue weighted by molar-refractivity contribution is 5.69. The Hall–Kier alpha value is -3.55. The normalized spacial score (nSPS) is 11.2. The number of halogens is 4. The molecule has 0 bridgehead atoms. The summed E-state index contributed by atoms with van der Waals surface area (Å²) in [6.07, 6.45) is -3.89. The highest BCUT2D eigenvalue weighted by Gasteiger charge is 2.30. The quantitative estimate of drug-likeness (QED) is 0.262. The van der Waals surface area contributed by atoms with E-state index in [1.54, 1.807) is 37.3 Å². The van der Waals surface area contributed by atoms with Crippen molar-refractivity contribution in [2.24, 2.45) is 0 Å². The smallest absolute Gasteiger partial charge is 0.416 e. The van der Waals surface area contributed by atoms with Gasteiger partial charge in [0.05, 0.1) is 12.2 Å². The Morgan fingerprint density at radius 3 is 2.33 bits per heavy atom. The van der Waals surface area contributed by atoms with Gasteiger partial charge in [0.25, 0.3) is 0 Å². The van der Waals surface area contributed by atoms with Crippen molar-refractivity contribution in [3.05, 3.63) is 89.2 Å². The molecule has 4 nitrogen and oxygen atoms in total. The van der Waals surface area contributed by atoms with Crippen molar-refractivity contribution in [3.63, 3.8) is 0 Å². The molecule has 0 aliphatic heterocycles. The van der Waals surface area contributed by atoms with Crippen molar-refractivity contribution in [2.75, 3.05) is 6.61 Å². The summed E-state index contributed by atoms with van der Waals surface area (Å²) in [7, 11) is 0. The monoisotopic (exact) mass is 462 g/mol. The van der Waals surface area contributed by atoms with Gasteiger partial charge in [-0.1, -0.05) is 18.2 Å². The van der Waals surface area contributed by atoms with E-state index in [0.29, 0.717) is 29.9 Å². The second kappa shape index (κ2) is 10.8. The number of alkyl halides is 3. The van der Waals surface area contributed by atoms with Crippen LogP contribution in [0, 0.1) is 5.82 Å². The van der Waals surface area contributed by atoms with Gasteiger partial charge in [0.2, 0.25) is 0 Å². The second-order valence-corrected chi connectivity index (χ2v) is 7.13. The molecule has 0 unspecified atom stereocenters. The molecular formula is C25H22F4O4. The maximum absolute atomic E-state index is 14.4. The van der Waals surface area contributed by atoms with Crippen LogP contribution in [0.1, 0.15) is 30.0 Å². The largest absolute Gasteiger partial charge is 0.486 e. The molecule has 3 rings (SSSR count). The number of hydrogen-bond donors (Lipinski definition) is 0. The molecule has 8 heteroatoms. The van der Waals surface area contributed by atoms with Crippen LogP contribution < -0.4 is 9.47 Å². The van der Waals surface area contributed by atoms with E-state index in [-0.39, 0.29) is 30.5 Å². The lowest BCUT2D eigenvalue weighted by molar-refractivity contribution is -0.143. The summed E-state index contributed by atoms with van der Waals surface area (Å²) in [5, 5.41) is 0. The number of rotatable bonds is 9. The Morgan fingerprint density at radius 2 is 1.67 bits per heavy atom. The maximum atomic E-state index is 14.4. The van der Waals surface area contributed by atoms with Crippen LogP contribution in [0.5, 0.6) is 17.2 Å². The number of hydrogen-bond acceptors (Lipinski definition) is 4. The Kier molecular flexibility index (Phi) is 7.92.